The largest absolute Gasteiger partial charge is 0.454 e. The van der Waals surface area contributed by atoms with Crippen molar-refractivity contribution in [2.24, 2.45) is 0 Å². The highest BCUT2D eigenvalue weighted by atomic mass is 32.2. The number of hydrogen-bond acceptors (Lipinski definition) is 4. The number of aryl methyl sites for hydroxylation is 1. The first kappa shape index (κ1) is 15.8. The van der Waals surface area contributed by atoms with E-state index in [-0.39, 0.29) is 11.7 Å². The van der Waals surface area contributed by atoms with Crippen LogP contribution in [0, 0.1) is 0 Å². The van der Waals surface area contributed by atoms with Crippen molar-refractivity contribution in [3.8, 4) is 11.5 Å². The molecule has 2 aromatic rings. The monoisotopic (exact) mass is 333 g/mol. The second kappa shape index (κ2) is 6.60. The second-order valence-corrected chi connectivity index (χ2v) is 7.10. The number of ether oxygens (including phenoxy) is 2. The molecule has 1 N–H and O–H groups in total. The third-order valence-corrected chi connectivity index (χ3v) is 5.25. The SMILES string of the molecule is CCc1ccc(CCNS(=O)(=O)c2ccc3c(c2)OCO3)cc1. The first-order chi connectivity index (χ1) is 11.1. The van der Waals surface area contributed by atoms with Crippen LogP contribution in [0.3, 0.4) is 0 Å². The van der Waals surface area contributed by atoms with Crippen LogP contribution in [0.4, 0.5) is 0 Å². The molecule has 0 saturated heterocycles. The van der Waals surface area contributed by atoms with Gasteiger partial charge in [0, 0.05) is 12.6 Å². The van der Waals surface area contributed by atoms with Crippen LogP contribution in [-0.4, -0.2) is 21.8 Å². The van der Waals surface area contributed by atoms with Crippen LogP contribution in [-0.2, 0) is 22.9 Å². The van der Waals surface area contributed by atoms with Crippen LogP contribution < -0.4 is 14.2 Å². The van der Waals surface area contributed by atoms with E-state index in [0.29, 0.717) is 24.5 Å². The minimum absolute atomic E-state index is 0.125. The Labute approximate surface area is 136 Å². The molecule has 0 saturated carbocycles. The summed E-state index contributed by atoms with van der Waals surface area (Å²) < 4.78 is 37.7. The Bertz CT molecular complexity index is 785. The Morgan fingerprint density at radius 1 is 1.00 bits per heavy atom. The Kier molecular flexibility index (Phi) is 4.54. The molecule has 0 amide bonds. The molecule has 6 heteroatoms. The standard InChI is InChI=1S/C17H19NO4S/c1-2-13-3-5-14(6-4-13)9-10-18-23(19,20)15-7-8-16-17(11-15)22-12-21-16/h3-8,11,18H,2,9-10,12H2,1H3. The summed E-state index contributed by atoms with van der Waals surface area (Å²) in [7, 11) is -3.55. The van der Waals surface area contributed by atoms with E-state index in [1.165, 1.54) is 17.7 Å². The predicted octanol–water partition coefficient (Wildman–Crippen LogP) is 2.50. The van der Waals surface area contributed by atoms with Gasteiger partial charge in [0.25, 0.3) is 0 Å². The molecule has 0 radical (unpaired) electrons. The fourth-order valence-corrected chi connectivity index (χ4v) is 3.45. The van der Waals surface area contributed by atoms with Gasteiger partial charge in [0.2, 0.25) is 16.8 Å². The van der Waals surface area contributed by atoms with E-state index >= 15 is 0 Å². The average molecular weight is 333 g/mol. The van der Waals surface area contributed by atoms with Gasteiger partial charge in [-0.25, -0.2) is 13.1 Å². The van der Waals surface area contributed by atoms with Crippen LogP contribution in [0.15, 0.2) is 47.4 Å². The second-order valence-electron chi connectivity index (χ2n) is 5.33. The van der Waals surface area contributed by atoms with Gasteiger partial charge in [-0.05, 0) is 36.1 Å². The summed E-state index contributed by atoms with van der Waals surface area (Å²) in [6, 6.07) is 12.8. The molecular formula is C17H19NO4S. The van der Waals surface area contributed by atoms with Gasteiger partial charge in [0.05, 0.1) is 4.90 Å². The quantitative estimate of drug-likeness (QED) is 0.882. The van der Waals surface area contributed by atoms with Gasteiger partial charge < -0.3 is 9.47 Å². The Morgan fingerprint density at radius 3 is 2.43 bits per heavy atom. The summed E-state index contributed by atoms with van der Waals surface area (Å²) >= 11 is 0. The zero-order chi connectivity index (χ0) is 16.3. The van der Waals surface area contributed by atoms with Crippen LogP contribution in [0.25, 0.3) is 0 Å². The minimum Gasteiger partial charge on any atom is -0.454 e. The maximum absolute atomic E-state index is 12.3. The highest BCUT2D eigenvalue weighted by molar-refractivity contribution is 7.89. The topological polar surface area (TPSA) is 64.6 Å². The van der Waals surface area contributed by atoms with Gasteiger partial charge in [-0.3, -0.25) is 0 Å². The van der Waals surface area contributed by atoms with Gasteiger partial charge >= 0.3 is 0 Å². The lowest BCUT2D eigenvalue weighted by Crippen LogP contribution is -2.26. The van der Waals surface area contributed by atoms with Gasteiger partial charge in [-0.1, -0.05) is 31.2 Å². The third-order valence-electron chi connectivity index (χ3n) is 3.79. The van der Waals surface area contributed by atoms with Crippen LogP contribution in [0.2, 0.25) is 0 Å². The van der Waals surface area contributed by atoms with Crippen molar-refractivity contribution < 1.29 is 17.9 Å². The number of hydrogen-bond donors (Lipinski definition) is 1. The van der Waals surface area contributed by atoms with E-state index in [1.54, 1.807) is 6.07 Å². The molecule has 0 fully saturated rings. The van der Waals surface area contributed by atoms with Crippen molar-refractivity contribution >= 4 is 10.0 Å². The molecule has 1 aliphatic rings. The molecule has 1 heterocycles. The number of fused-ring (bicyclic) bond motifs is 1. The van der Waals surface area contributed by atoms with E-state index in [1.807, 2.05) is 12.1 Å². The van der Waals surface area contributed by atoms with Crippen molar-refractivity contribution in [2.45, 2.75) is 24.7 Å². The Hall–Kier alpha value is -2.05. The smallest absolute Gasteiger partial charge is 0.240 e. The summed E-state index contributed by atoms with van der Waals surface area (Å²) in [5.74, 6) is 1.03. The molecule has 0 unspecified atom stereocenters. The van der Waals surface area contributed by atoms with E-state index in [9.17, 15) is 8.42 Å². The molecule has 0 aromatic heterocycles. The third kappa shape index (κ3) is 3.65. The predicted molar refractivity (Wildman–Crippen MR) is 87.3 cm³/mol. The van der Waals surface area contributed by atoms with Gasteiger partial charge in [0.15, 0.2) is 11.5 Å². The molecule has 0 aliphatic carbocycles. The van der Waals surface area contributed by atoms with Gasteiger partial charge in [0.1, 0.15) is 0 Å². The van der Waals surface area contributed by atoms with Crippen molar-refractivity contribution in [3.05, 3.63) is 53.6 Å². The van der Waals surface area contributed by atoms with E-state index in [4.69, 9.17) is 9.47 Å². The number of benzene rings is 2. The molecular weight excluding hydrogens is 314 g/mol. The lowest BCUT2D eigenvalue weighted by atomic mass is 10.1. The summed E-state index contributed by atoms with van der Waals surface area (Å²) in [4.78, 5) is 0.183. The zero-order valence-corrected chi connectivity index (χ0v) is 13.7. The van der Waals surface area contributed by atoms with Crippen LogP contribution in [0.5, 0.6) is 11.5 Å². The molecule has 122 valence electrons. The van der Waals surface area contributed by atoms with E-state index in [2.05, 4.69) is 23.8 Å². The highest BCUT2D eigenvalue weighted by Crippen LogP contribution is 2.33. The molecule has 0 bridgehead atoms. The molecule has 5 nitrogen and oxygen atoms in total. The number of nitrogens with one attached hydrogen (secondary N) is 1. The molecule has 23 heavy (non-hydrogen) atoms. The summed E-state index contributed by atoms with van der Waals surface area (Å²) in [5, 5.41) is 0. The average Bonchev–Trinajstić information content (AvgIpc) is 3.03. The molecule has 1 aliphatic heterocycles. The van der Waals surface area contributed by atoms with Crippen LogP contribution >= 0.6 is 0 Å². The number of rotatable bonds is 6. The Balaban J connectivity index is 1.62. The van der Waals surface area contributed by atoms with Crippen LogP contribution in [0.1, 0.15) is 18.1 Å². The van der Waals surface area contributed by atoms with Crippen molar-refractivity contribution in [3.63, 3.8) is 0 Å². The Morgan fingerprint density at radius 2 is 1.70 bits per heavy atom. The summed E-state index contributed by atoms with van der Waals surface area (Å²) in [6.45, 7) is 2.58. The normalized spacial score (nSPS) is 13.3. The first-order valence-corrected chi connectivity index (χ1v) is 9.04. The fourth-order valence-electron chi connectivity index (χ4n) is 2.40. The maximum atomic E-state index is 12.3. The first-order valence-electron chi connectivity index (χ1n) is 7.55. The zero-order valence-electron chi connectivity index (χ0n) is 12.9. The van der Waals surface area contributed by atoms with Gasteiger partial charge in [-0.2, -0.15) is 0 Å². The highest BCUT2D eigenvalue weighted by Gasteiger charge is 2.19. The lowest BCUT2D eigenvalue weighted by Gasteiger charge is -2.08. The summed E-state index contributed by atoms with van der Waals surface area (Å²) in [6.07, 6.45) is 1.64. The maximum Gasteiger partial charge on any atom is 0.240 e. The van der Waals surface area contributed by atoms with Crippen molar-refractivity contribution in [1.29, 1.82) is 0 Å². The molecule has 2 aromatic carbocycles. The van der Waals surface area contributed by atoms with E-state index in [0.717, 1.165) is 12.0 Å². The molecule has 0 spiro atoms. The van der Waals surface area contributed by atoms with Gasteiger partial charge in [-0.15, -0.1) is 0 Å². The molecule has 3 rings (SSSR count). The lowest BCUT2D eigenvalue weighted by molar-refractivity contribution is 0.174. The molecule has 0 atom stereocenters. The summed E-state index contributed by atoms with van der Waals surface area (Å²) in [5.41, 5.74) is 2.38. The fraction of sp³-hybridized carbons (Fsp3) is 0.294. The van der Waals surface area contributed by atoms with E-state index < -0.39 is 10.0 Å². The van der Waals surface area contributed by atoms with Crippen molar-refractivity contribution in [2.75, 3.05) is 13.3 Å². The van der Waals surface area contributed by atoms with Crippen molar-refractivity contribution in [1.82, 2.24) is 4.72 Å². The number of sulfonamides is 1. The minimum atomic E-state index is -3.55.